The van der Waals surface area contributed by atoms with E-state index in [4.69, 9.17) is 28.4 Å². The van der Waals surface area contributed by atoms with Gasteiger partial charge in [0, 0.05) is 0 Å². The van der Waals surface area contributed by atoms with Gasteiger partial charge in [0.15, 0.2) is 0 Å². The summed E-state index contributed by atoms with van der Waals surface area (Å²) in [6.45, 7) is 6.64. The number of hydrogen-bond acceptors (Lipinski definition) is 6. The summed E-state index contributed by atoms with van der Waals surface area (Å²) in [6, 6.07) is 32.8. The van der Waals surface area contributed by atoms with Crippen LogP contribution in [-0.2, 0) is 9.47 Å². The smallest absolute Gasteiger partial charge is 0.119 e. The van der Waals surface area contributed by atoms with Crippen LogP contribution in [-0.4, -0.2) is 51.8 Å². The highest BCUT2D eigenvalue weighted by Gasteiger charge is 2.23. The largest absolute Gasteiger partial charge is 0.494 e. The zero-order valence-electron chi connectivity index (χ0n) is 27.8. The summed E-state index contributed by atoms with van der Waals surface area (Å²) in [5.74, 6) is 4.21. The molecular formula is C42H46O6. The van der Waals surface area contributed by atoms with Gasteiger partial charge in [-0.1, -0.05) is 79.8 Å². The predicted molar refractivity (Wildman–Crippen MR) is 193 cm³/mol. The molecule has 2 aliphatic heterocycles. The van der Waals surface area contributed by atoms with Gasteiger partial charge in [0.2, 0.25) is 0 Å². The molecule has 2 atom stereocenters. The summed E-state index contributed by atoms with van der Waals surface area (Å²) in [4.78, 5) is 0. The molecule has 0 radical (unpaired) electrons. The van der Waals surface area contributed by atoms with E-state index in [2.05, 4.69) is 79.8 Å². The predicted octanol–water partition coefficient (Wildman–Crippen LogP) is 9.24. The molecule has 2 unspecified atom stereocenters. The first-order valence-corrected chi connectivity index (χ1v) is 17.2. The lowest BCUT2D eigenvalue weighted by Gasteiger charge is -2.12. The zero-order valence-corrected chi connectivity index (χ0v) is 27.8. The molecule has 0 bridgehead atoms. The number of epoxide rings is 2. The lowest BCUT2D eigenvalue weighted by atomic mass is 10.0. The van der Waals surface area contributed by atoms with Crippen LogP contribution < -0.4 is 18.9 Å². The molecule has 4 aromatic rings. The van der Waals surface area contributed by atoms with E-state index < -0.39 is 0 Å². The first-order chi connectivity index (χ1) is 23.6. The van der Waals surface area contributed by atoms with Crippen LogP contribution in [0.15, 0.2) is 97.1 Å². The minimum atomic E-state index is 0.270. The fourth-order valence-electron chi connectivity index (χ4n) is 5.18. The molecule has 6 heteroatoms. The van der Waals surface area contributed by atoms with Crippen molar-refractivity contribution in [1.82, 2.24) is 0 Å². The van der Waals surface area contributed by atoms with Crippen molar-refractivity contribution in [2.24, 2.45) is 5.92 Å². The Bertz CT molecular complexity index is 1450. The van der Waals surface area contributed by atoms with Crippen LogP contribution in [0.4, 0.5) is 0 Å². The summed E-state index contributed by atoms with van der Waals surface area (Å²) in [5.41, 5.74) is 4.55. The molecular weight excluding hydrogens is 600 g/mol. The van der Waals surface area contributed by atoms with Gasteiger partial charge in [0.25, 0.3) is 0 Å². The SMILES string of the molecule is CC(CCCOc1ccc(C=Cc2ccc(OCC3CO3)cc2)cc1)CCCOc1ccc(C=Cc2ccc(OCC3CO3)cc2)cc1. The second-order valence-electron chi connectivity index (χ2n) is 12.6. The maximum Gasteiger partial charge on any atom is 0.119 e. The van der Waals surface area contributed by atoms with Crippen LogP contribution in [0.25, 0.3) is 24.3 Å². The molecule has 0 aromatic heterocycles. The molecule has 2 aliphatic rings. The Balaban J connectivity index is 0.804. The van der Waals surface area contributed by atoms with Crippen molar-refractivity contribution in [1.29, 1.82) is 0 Å². The second kappa shape index (κ2) is 17.6. The van der Waals surface area contributed by atoms with Crippen LogP contribution in [0.1, 0.15) is 54.9 Å². The van der Waals surface area contributed by atoms with Crippen molar-refractivity contribution < 1.29 is 28.4 Å². The van der Waals surface area contributed by atoms with Crippen LogP contribution in [0.5, 0.6) is 23.0 Å². The maximum absolute atomic E-state index is 6.00. The second-order valence-corrected chi connectivity index (χ2v) is 12.6. The van der Waals surface area contributed by atoms with Crippen molar-refractivity contribution in [3.8, 4) is 23.0 Å². The van der Waals surface area contributed by atoms with Crippen LogP contribution in [0, 0.1) is 5.92 Å². The molecule has 2 heterocycles. The van der Waals surface area contributed by atoms with E-state index in [1.165, 1.54) is 0 Å². The van der Waals surface area contributed by atoms with Gasteiger partial charge in [-0.2, -0.15) is 0 Å². The lowest BCUT2D eigenvalue weighted by molar-refractivity contribution is 0.263. The number of rotatable bonds is 20. The Labute approximate surface area is 284 Å². The van der Waals surface area contributed by atoms with Gasteiger partial charge in [0.1, 0.15) is 48.4 Å². The van der Waals surface area contributed by atoms with Crippen molar-refractivity contribution in [3.05, 3.63) is 119 Å². The monoisotopic (exact) mass is 646 g/mol. The van der Waals surface area contributed by atoms with E-state index in [1.54, 1.807) is 0 Å². The van der Waals surface area contributed by atoms with Crippen LogP contribution in [0.3, 0.4) is 0 Å². The standard InChI is InChI=1S/C42H46O6/c1-32(4-2-26-43-37-18-10-33(11-19-37)6-8-35-14-22-39(23-15-35)45-28-41-30-47-41)5-3-27-44-38-20-12-34(13-21-38)7-9-36-16-24-40(25-17-36)46-29-42-31-48-42/h6-25,32,41-42H,2-5,26-31H2,1H3. The molecule has 6 nitrogen and oxygen atoms in total. The van der Waals surface area contributed by atoms with Crippen LogP contribution in [0.2, 0.25) is 0 Å². The Morgan fingerprint density at radius 1 is 0.500 bits per heavy atom. The van der Waals surface area contributed by atoms with E-state index in [9.17, 15) is 0 Å². The molecule has 0 amide bonds. The van der Waals surface area contributed by atoms with Gasteiger partial charge in [-0.3, -0.25) is 0 Å². The molecule has 250 valence electrons. The highest BCUT2D eigenvalue weighted by Crippen LogP contribution is 2.21. The first kappa shape index (κ1) is 33.4. The van der Waals surface area contributed by atoms with Crippen LogP contribution >= 0.6 is 0 Å². The lowest BCUT2D eigenvalue weighted by Crippen LogP contribution is -2.04. The third-order valence-electron chi connectivity index (χ3n) is 8.35. The number of ether oxygens (including phenoxy) is 6. The Hall–Kier alpha value is -4.52. The number of hydrogen-bond donors (Lipinski definition) is 0. The van der Waals surface area contributed by atoms with Gasteiger partial charge >= 0.3 is 0 Å². The Kier molecular flexibility index (Phi) is 12.2. The third kappa shape index (κ3) is 11.9. The Morgan fingerprint density at radius 2 is 0.792 bits per heavy atom. The van der Waals surface area contributed by atoms with E-state index >= 15 is 0 Å². The van der Waals surface area contributed by atoms with Crippen molar-refractivity contribution in [2.75, 3.05) is 39.6 Å². The van der Waals surface area contributed by atoms with Gasteiger partial charge in [-0.25, -0.2) is 0 Å². The molecule has 0 saturated carbocycles. The van der Waals surface area contributed by atoms with Crippen molar-refractivity contribution >= 4 is 24.3 Å². The van der Waals surface area contributed by atoms with E-state index in [0.29, 0.717) is 19.1 Å². The van der Waals surface area contributed by atoms with Crippen molar-refractivity contribution in [3.63, 3.8) is 0 Å². The van der Waals surface area contributed by atoms with Crippen molar-refractivity contribution in [2.45, 2.75) is 44.8 Å². The summed E-state index contributed by atoms with van der Waals surface area (Å²) >= 11 is 0. The minimum absolute atomic E-state index is 0.270. The average Bonchev–Trinajstić information content (AvgIpc) is 4.07. The van der Waals surface area contributed by atoms with Gasteiger partial charge in [-0.15, -0.1) is 0 Å². The molecule has 4 aromatic carbocycles. The molecule has 48 heavy (non-hydrogen) atoms. The van der Waals surface area contributed by atoms with Gasteiger partial charge < -0.3 is 28.4 Å². The quantitative estimate of drug-likeness (QED) is 0.0542. The molecule has 0 N–H and O–H groups in total. The zero-order chi connectivity index (χ0) is 32.8. The van der Waals surface area contributed by atoms with Gasteiger partial charge in [0.05, 0.1) is 26.4 Å². The summed E-state index contributed by atoms with van der Waals surface area (Å²) in [5, 5.41) is 0. The van der Waals surface area contributed by atoms with Gasteiger partial charge in [-0.05, 0) is 102 Å². The molecule has 0 spiro atoms. The van der Waals surface area contributed by atoms with E-state index in [-0.39, 0.29) is 12.2 Å². The maximum atomic E-state index is 6.00. The molecule has 2 fully saturated rings. The van der Waals surface area contributed by atoms with E-state index in [1.807, 2.05) is 48.5 Å². The first-order valence-electron chi connectivity index (χ1n) is 17.2. The Morgan fingerprint density at radius 3 is 1.08 bits per heavy atom. The molecule has 0 aliphatic carbocycles. The third-order valence-corrected chi connectivity index (χ3v) is 8.35. The fraction of sp³-hybridized carbons (Fsp3) is 0.333. The highest BCUT2D eigenvalue weighted by atomic mass is 16.6. The fourth-order valence-corrected chi connectivity index (χ4v) is 5.18. The molecule has 2 saturated heterocycles. The summed E-state index contributed by atoms with van der Waals surface area (Å²) < 4.78 is 33.8. The highest BCUT2D eigenvalue weighted by molar-refractivity contribution is 5.71. The van der Waals surface area contributed by atoms with E-state index in [0.717, 1.165) is 97.4 Å². The topological polar surface area (TPSA) is 62.0 Å². The summed E-state index contributed by atoms with van der Waals surface area (Å²) in [7, 11) is 0. The number of benzene rings is 4. The molecule has 6 rings (SSSR count). The average molecular weight is 647 g/mol. The minimum Gasteiger partial charge on any atom is -0.494 e. The summed E-state index contributed by atoms with van der Waals surface area (Å²) in [6.07, 6.45) is 13.4. The normalized spacial score (nSPS) is 17.4.